The molecule has 4 rings (SSSR count). The van der Waals surface area contributed by atoms with Crippen molar-refractivity contribution >= 4 is 57.2 Å². The van der Waals surface area contributed by atoms with Gasteiger partial charge in [0.1, 0.15) is 29.3 Å². The molecule has 5 amide bonds. The minimum Gasteiger partial charge on any atom is -0.444 e. The average molecular weight is 724 g/mol. The van der Waals surface area contributed by atoms with E-state index in [2.05, 4.69) is 27.3 Å². The number of rotatable bonds is 10. The van der Waals surface area contributed by atoms with Gasteiger partial charge in [-0.1, -0.05) is 44.5 Å². The number of benzene rings is 1. The molecule has 2 aliphatic carbocycles. The van der Waals surface area contributed by atoms with Gasteiger partial charge in [0.05, 0.1) is 11.8 Å². The number of carbonyl (C=O) groups is 5. The zero-order valence-electron chi connectivity index (χ0n) is 28.8. The number of carbonyl (C=O) groups excluding carboxylic acids is 5. The SMILES string of the molecule is C=CC1CC1(NC(=O)C1CC(OC(=O)Nc2cc(Cl)ccc2C)CN1C(=O)C(NC(=O)OC(C)(C)C)C(C)(C)C)C(=O)NS(=O)(=O)C1CC1. The lowest BCUT2D eigenvalue weighted by molar-refractivity contribution is -0.143. The highest BCUT2D eigenvalue weighted by Crippen LogP contribution is 2.45. The summed E-state index contributed by atoms with van der Waals surface area (Å²) in [5.74, 6) is -2.87. The maximum atomic E-state index is 14.2. The van der Waals surface area contributed by atoms with Crippen LogP contribution in [-0.4, -0.2) is 84.3 Å². The summed E-state index contributed by atoms with van der Waals surface area (Å²) < 4.78 is 38.3. The van der Waals surface area contributed by atoms with E-state index >= 15 is 0 Å². The first-order valence-corrected chi connectivity index (χ1v) is 18.0. The van der Waals surface area contributed by atoms with Crippen LogP contribution in [0.25, 0.3) is 0 Å². The van der Waals surface area contributed by atoms with Gasteiger partial charge in [-0.2, -0.15) is 0 Å². The topological polar surface area (TPSA) is 189 Å². The molecular formula is C33H46ClN5O9S. The molecule has 0 radical (unpaired) electrons. The standard InChI is InChI=1S/C33H46ClN5O9S/c1-9-19-16-33(19,28(42)38-49(45,46)22-12-13-22)37-26(40)24-15-21(47-29(43)35-23-14-20(34)11-10-18(23)2)17-39(24)27(41)25(31(3,4)5)36-30(44)48-32(6,7)8/h9-11,14,19,21-22,24-25H,1,12-13,15-17H2,2-8H3,(H,35,43)(H,36,44)(H,37,40)(H,38,42). The molecule has 5 unspecified atom stereocenters. The zero-order chi connectivity index (χ0) is 36.7. The van der Waals surface area contributed by atoms with Gasteiger partial charge in [0.15, 0.2) is 0 Å². The summed E-state index contributed by atoms with van der Waals surface area (Å²) in [7, 11) is -3.92. The lowest BCUT2D eigenvalue weighted by Gasteiger charge is -2.36. The van der Waals surface area contributed by atoms with E-state index < -0.39 is 85.8 Å². The van der Waals surface area contributed by atoms with Crippen LogP contribution in [0.5, 0.6) is 0 Å². The Morgan fingerprint density at radius 1 is 1.08 bits per heavy atom. The van der Waals surface area contributed by atoms with Crippen molar-refractivity contribution in [2.45, 2.75) is 109 Å². The highest BCUT2D eigenvalue weighted by molar-refractivity contribution is 7.91. The number of halogens is 1. The van der Waals surface area contributed by atoms with Crippen molar-refractivity contribution in [1.82, 2.24) is 20.3 Å². The van der Waals surface area contributed by atoms with E-state index in [4.69, 9.17) is 21.1 Å². The quantitative estimate of drug-likeness (QED) is 0.261. The summed E-state index contributed by atoms with van der Waals surface area (Å²) in [6, 6.07) is 2.49. The lowest BCUT2D eigenvalue weighted by atomic mass is 9.85. The molecular weight excluding hydrogens is 678 g/mol. The number of nitrogens with zero attached hydrogens (tertiary/aromatic N) is 1. The molecule has 270 valence electrons. The Morgan fingerprint density at radius 2 is 1.73 bits per heavy atom. The molecule has 1 heterocycles. The van der Waals surface area contributed by atoms with Crippen molar-refractivity contribution < 1.29 is 41.9 Å². The van der Waals surface area contributed by atoms with E-state index in [9.17, 15) is 32.4 Å². The van der Waals surface area contributed by atoms with Crippen LogP contribution in [0.2, 0.25) is 5.02 Å². The number of sulfonamides is 1. The summed E-state index contributed by atoms with van der Waals surface area (Å²) in [4.78, 5) is 68.6. The molecule has 14 nitrogen and oxygen atoms in total. The van der Waals surface area contributed by atoms with E-state index in [1.54, 1.807) is 66.7 Å². The fourth-order valence-electron chi connectivity index (χ4n) is 5.65. The minimum absolute atomic E-state index is 0.0983. The number of alkyl carbamates (subject to hydrolysis) is 1. The second-order valence-corrected chi connectivity index (χ2v) is 17.4. The Bertz CT molecular complexity index is 1630. The van der Waals surface area contributed by atoms with Gasteiger partial charge in [-0.05, 0) is 70.1 Å². The summed E-state index contributed by atoms with van der Waals surface area (Å²) in [5, 5.41) is 7.67. The van der Waals surface area contributed by atoms with E-state index in [-0.39, 0.29) is 19.4 Å². The molecule has 5 atom stereocenters. The molecule has 16 heteroatoms. The smallest absolute Gasteiger partial charge is 0.411 e. The van der Waals surface area contributed by atoms with Gasteiger partial charge >= 0.3 is 12.2 Å². The van der Waals surface area contributed by atoms with Crippen LogP contribution in [0.1, 0.15) is 72.8 Å². The maximum absolute atomic E-state index is 14.2. The molecule has 1 aliphatic heterocycles. The highest BCUT2D eigenvalue weighted by atomic mass is 35.5. The first-order valence-electron chi connectivity index (χ1n) is 16.1. The molecule has 1 aromatic carbocycles. The zero-order valence-corrected chi connectivity index (χ0v) is 30.4. The third-order valence-electron chi connectivity index (χ3n) is 8.58. The Balaban J connectivity index is 1.59. The van der Waals surface area contributed by atoms with Crippen LogP contribution in [0, 0.1) is 18.3 Å². The molecule has 2 saturated carbocycles. The molecule has 3 aliphatic rings. The van der Waals surface area contributed by atoms with Crippen LogP contribution in [0.3, 0.4) is 0 Å². The minimum atomic E-state index is -3.92. The van der Waals surface area contributed by atoms with E-state index in [1.165, 1.54) is 11.0 Å². The summed E-state index contributed by atoms with van der Waals surface area (Å²) in [6.45, 7) is 15.5. The largest absolute Gasteiger partial charge is 0.444 e. The van der Waals surface area contributed by atoms with Crippen LogP contribution in [-0.2, 0) is 33.9 Å². The summed E-state index contributed by atoms with van der Waals surface area (Å²) in [6.07, 6.45) is -0.400. The Morgan fingerprint density at radius 3 is 2.29 bits per heavy atom. The molecule has 49 heavy (non-hydrogen) atoms. The van der Waals surface area contributed by atoms with Crippen LogP contribution >= 0.6 is 11.6 Å². The van der Waals surface area contributed by atoms with Gasteiger partial charge in [0.25, 0.3) is 5.91 Å². The number of ether oxygens (including phenoxy) is 2. The monoisotopic (exact) mass is 723 g/mol. The predicted octanol–water partition coefficient (Wildman–Crippen LogP) is 3.78. The lowest BCUT2D eigenvalue weighted by Crippen LogP contribution is -2.60. The van der Waals surface area contributed by atoms with Crippen molar-refractivity contribution in [2.24, 2.45) is 11.3 Å². The predicted molar refractivity (Wildman–Crippen MR) is 182 cm³/mol. The van der Waals surface area contributed by atoms with Crippen molar-refractivity contribution in [2.75, 3.05) is 11.9 Å². The number of anilines is 1. The summed E-state index contributed by atoms with van der Waals surface area (Å²) >= 11 is 6.08. The molecule has 0 spiro atoms. The third kappa shape index (κ3) is 9.24. The van der Waals surface area contributed by atoms with Gasteiger partial charge in [0, 0.05) is 23.0 Å². The average Bonchev–Trinajstić information content (AvgIpc) is 3.89. The van der Waals surface area contributed by atoms with Gasteiger partial charge in [-0.15, -0.1) is 6.58 Å². The number of likely N-dealkylation sites (tertiary alicyclic amines) is 1. The van der Waals surface area contributed by atoms with Crippen LogP contribution in [0.4, 0.5) is 15.3 Å². The molecule has 1 saturated heterocycles. The maximum Gasteiger partial charge on any atom is 0.411 e. The van der Waals surface area contributed by atoms with E-state index in [1.807, 2.05) is 0 Å². The number of nitrogens with one attached hydrogen (secondary N) is 4. The number of hydrogen-bond donors (Lipinski definition) is 4. The first kappa shape index (κ1) is 38.0. The van der Waals surface area contributed by atoms with Gasteiger partial charge in [-0.25, -0.2) is 18.0 Å². The van der Waals surface area contributed by atoms with E-state index in [0.29, 0.717) is 23.6 Å². The van der Waals surface area contributed by atoms with Crippen molar-refractivity contribution in [1.29, 1.82) is 0 Å². The first-order chi connectivity index (χ1) is 22.6. The number of amides is 5. The van der Waals surface area contributed by atoms with Crippen LogP contribution < -0.4 is 20.7 Å². The molecule has 0 aromatic heterocycles. The Hall–Kier alpha value is -3.85. The van der Waals surface area contributed by atoms with Crippen molar-refractivity contribution in [3.8, 4) is 0 Å². The number of hydrogen-bond acceptors (Lipinski definition) is 9. The normalized spacial score (nSPS) is 24.2. The summed E-state index contributed by atoms with van der Waals surface area (Å²) in [5.41, 5.74) is -2.19. The van der Waals surface area contributed by atoms with E-state index in [0.717, 1.165) is 5.56 Å². The second kappa shape index (κ2) is 13.8. The number of aryl methyl sites for hydroxylation is 1. The second-order valence-electron chi connectivity index (χ2n) is 15.0. The fraction of sp³-hybridized carbons (Fsp3) is 0.606. The van der Waals surface area contributed by atoms with Crippen molar-refractivity contribution in [3.63, 3.8) is 0 Å². The fourth-order valence-corrected chi connectivity index (χ4v) is 7.19. The van der Waals surface area contributed by atoms with Crippen LogP contribution in [0.15, 0.2) is 30.9 Å². The van der Waals surface area contributed by atoms with Crippen molar-refractivity contribution in [3.05, 3.63) is 41.4 Å². The molecule has 1 aromatic rings. The van der Waals surface area contributed by atoms with Gasteiger partial charge < -0.3 is 25.0 Å². The molecule has 0 bridgehead atoms. The molecule has 3 fully saturated rings. The molecule has 4 N–H and O–H groups in total. The Labute approximate surface area is 292 Å². The van der Waals surface area contributed by atoms with Gasteiger partial charge in [0.2, 0.25) is 21.8 Å². The highest BCUT2D eigenvalue weighted by Gasteiger charge is 2.62. The van der Waals surface area contributed by atoms with Gasteiger partial charge in [-0.3, -0.25) is 24.4 Å². The third-order valence-corrected chi connectivity index (χ3v) is 10.6. The Kier molecular flexibility index (Phi) is 10.7.